The summed E-state index contributed by atoms with van der Waals surface area (Å²) in [6.45, 7) is 8.13. The number of hydrogen-bond donors (Lipinski definition) is 5. The quantitative estimate of drug-likeness (QED) is 0.108. The minimum Gasteiger partial charge on any atom is -0.497 e. The number of carboxylic acid groups (broad SMARTS) is 1. The molecule has 0 spiro atoms. The first-order valence-electron chi connectivity index (χ1n) is 23.4. The molecule has 1 saturated carbocycles. The van der Waals surface area contributed by atoms with Gasteiger partial charge in [0.15, 0.2) is 5.13 Å². The Morgan fingerprint density at radius 3 is 2.51 bits per heavy atom. The van der Waals surface area contributed by atoms with E-state index in [0.29, 0.717) is 59.5 Å². The van der Waals surface area contributed by atoms with Crippen LogP contribution < -0.4 is 30.7 Å². The van der Waals surface area contributed by atoms with E-state index in [1.165, 1.54) is 20.5 Å². The Bertz CT molecular complexity index is 2610. The number of carbonyl (C=O) groups excluding carboxylic acids is 3. The van der Waals surface area contributed by atoms with Gasteiger partial charge in [-0.05, 0) is 75.1 Å². The average Bonchev–Trinajstić information content (AvgIpc) is 3.55. The summed E-state index contributed by atoms with van der Waals surface area (Å²) in [5.41, 5.74) is 1.09. The molecule has 8 rings (SSSR count). The first-order valence-corrected chi connectivity index (χ1v) is 25.8. The van der Waals surface area contributed by atoms with Gasteiger partial charge in [-0.3, -0.25) is 9.59 Å². The van der Waals surface area contributed by atoms with Crippen LogP contribution in [0.2, 0.25) is 0 Å². The fourth-order valence-electron chi connectivity index (χ4n) is 9.63. The summed E-state index contributed by atoms with van der Waals surface area (Å²) >= 11 is 1.45. The third kappa shape index (κ3) is 10.5. The lowest BCUT2D eigenvalue weighted by molar-refractivity contribution is -0.145. The number of aromatic nitrogens is 2. The molecular weight excluding hydrogens is 897 g/mol. The van der Waals surface area contributed by atoms with Gasteiger partial charge in [-0.2, -0.15) is 4.31 Å². The SMILES string of the molecule is COc1ccc2c(O[C@@H]3C[C@H]4C(=O)N[C@]5(C(=O)O)CC5CCCCCCC[C@H](NC(=O)N[C@H](CN5CCc6ccccc6S5(=O)=O)C(C)C)C(=O)N4C3)cc(-c3csc(NC(C)C)n3)nc2c1. The molecule has 6 atom stereocenters. The fraction of sp³-hybridized carbons (Fsp3) is 0.542. The summed E-state index contributed by atoms with van der Waals surface area (Å²) in [5.74, 6) is -1.54. The number of aliphatic carboxylic acids is 1. The number of ether oxygens (including phenoxy) is 2. The molecule has 0 radical (unpaired) electrons. The number of pyridine rings is 1. The molecule has 3 fully saturated rings. The Labute approximate surface area is 395 Å². The van der Waals surface area contributed by atoms with Gasteiger partial charge in [-0.1, -0.05) is 64.2 Å². The van der Waals surface area contributed by atoms with Crippen LogP contribution in [0.3, 0.4) is 0 Å². The Morgan fingerprint density at radius 2 is 1.76 bits per heavy atom. The number of thiazole rings is 1. The number of carbonyl (C=O) groups is 4. The molecule has 67 heavy (non-hydrogen) atoms. The molecular formula is C48H62N8O9S2. The van der Waals surface area contributed by atoms with Crippen molar-refractivity contribution in [2.75, 3.05) is 32.1 Å². The number of fused-ring (bicyclic) bond motifs is 4. The highest BCUT2D eigenvalue weighted by molar-refractivity contribution is 7.89. The zero-order chi connectivity index (χ0) is 47.6. The number of anilines is 1. The van der Waals surface area contributed by atoms with E-state index < -0.39 is 63.6 Å². The van der Waals surface area contributed by atoms with E-state index in [1.807, 2.05) is 51.3 Å². The van der Waals surface area contributed by atoms with E-state index >= 15 is 0 Å². The molecule has 2 saturated heterocycles. The lowest BCUT2D eigenvalue weighted by Crippen LogP contribution is -2.58. The van der Waals surface area contributed by atoms with Crippen LogP contribution in [0, 0.1) is 11.8 Å². The van der Waals surface area contributed by atoms with Gasteiger partial charge in [-0.25, -0.2) is 28.0 Å². The second-order valence-corrected chi connectivity index (χ2v) is 21.7. The number of amides is 4. The number of hydrogen-bond acceptors (Lipinski definition) is 12. The molecule has 4 amide bonds. The molecule has 1 aliphatic carbocycles. The van der Waals surface area contributed by atoms with Gasteiger partial charge in [0.1, 0.15) is 40.9 Å². The Hall–Kier alpha value is -5.53. The van der Waals surface area contributed by atoms with Gasteiger partial charge in [0.05, 0.1) is 29.8 Å². The van der Waals surface area contributed by atoms with Crippen LogP contribution in [-0.4, -0.2) is 119 Å². The maximum Gasteiger partial charge on any atom is 0.329 e. The molecule has 5 heterocycles. The Morgan fingerprint density at radius 1 is 1.00 bits per heavy atom. The number of carboxylic acids is 1. The van der Waals surface area contributed by atoms with Crippen LogP contribution in [-0.2, 0) is 30.8 Å². The van der Waals surface area contributed by atoms with E-state index in [1.54, 1.807) is 37.4 Å². The normalized spacial score (nSPS) is 24.9. The van der Waals surface area contributed by atoms with Crippen LogP contribution >= 0.6 is 11.3 Å². The minimum absolute atomic E-state index is 0.0302. The summed E-state index contributed by atoms with van der Waals surface area (Å²) in [4.78, 5) is 67.7. The number of urea groups is 1. The van der Waals surface area contributed by atoms with Gasteiger partial charge in [0, 0.05) is 54.5 Å². The van der Waals surface area contributed by atoms with Crippen molar-refractivity contribution in [3.05, 3.63) is 59.5 Å². The lowest BCUT2D eigenvalue weighted by Gasteiger charge is -2.33. The van der Waals surface area contributed by atoms with Crippen molar-refractivity contribution < 1.29 is 42.2 Å². The number of nitrogens with zero attached hydrogens (tertiary/aromatic N) is 4. The van der Waals surface area contributed by atoms with E-state index in [9.17, 15) is 32.7 Å². The Balaban J connectivity index is 1.07. The maximum atomic E-state index is 15.0. The largest absolute Gasteiger partial charge is 0.497 e. The Kier molecular flexibility index (Phi) is 14.3. The lowest BCUT2D eigenvalue weighted by atomic mass is 10.0. The first kappa shape index (κ1) is 47.9. The highest BCUT2D eigenvalue weighted by Gasteiger charge is 2.62. The summed E-state index contributed by atoms with van der Waals surface area (Å²) in [5, 5.41) is 25.9. The summed E-state index contributed by atoms with van der Waals surface area (Å²) in [7, 11) is -2.23. The number of nitrogens with one attached hydrogen (secondary N) is 4. The van der Waals surface area contributed by atoms with Crippen molar-refractivity contribution >= 4 is 61.2 Å². The van der Waals surface area contributed by atoms with E-state index in [-0.39, 0.29) is 55.2 Å². The van der Waals surface area contributed by atoms with Crippen LogP contribution in [0.25, 0.3) is 22.3 Å². The molecule has 360 valence electrons. The molecule has 1 unspecified atom stereocenters. The second-order valence-electron chi connectivity index (χ2n) is 19.0. The van der Waals surface area contributed by atoms with Gasteiger partial charge in [0.25, 0.3) is 0 Å². The second kappa shape index (κ2) is 20.0. The smallest absolute Gasteiger partial charge is 0.329 e. The molecule has 5 N–H and O–H groups in total. The van der Waals surface area contributed by atoms with E-state index in [0.717, 1.165) is 36.4 Å². The highest BCUT2D eigenvalue weighted by Crippen LogP contribution is 2.48. The summed E-state index contributed by atoms with van der Waals surface area (Å²) in [6, 6.07) is 10.9. The first-order chi connectivity index (χ1) is 32.1. The molecule has 17 nitrogen and oxygen atoms in total. The molecule has 2 aromatic heterocycles. The van der Waals surface area contributed by atoms with Gasteiger partial charge < -0.3 is 40.7 Å². The number of sulfonamides is 1. The van der Waals surface area contributed by atoms with Gasteiger partial charge >= 0.3 is 12.0 Å². The number of rotatable bonds is 12. The van der Waals surface area contributed by atoms with Crippen molar-refractivity contribution in [3.8, 4) is 22.9 Å². The number of methoxy groups -OCH3 is 1. The van der Waals surface area contributed by atoms with Crippen LogP contribution in [0.4, 0.5) is 9.93 Å². The maximum absolute atomic E-state index is 15.0. The van der Waals surface area contributed by atoms with Crippen molar-refractivity contribution in [2.24, 2.45) is 11.8 Å². The monoisotopic (exact) mass is 958 g/mol. The molecule has 4 aromatic rings. The van der Waals surface area contributed by atoms with E-state index in [4.69, 9.17) is 19.4 Å². The van der Waals surface area contributed by atoms with Gasteiger partial charge in [-0.15, -0.1) is 11.3 Å². The predicted octanol–water partition coefficient (Wildman–Crippen LogP) is 6.18. The summed E-state index contributed by atoms with van der Waals surface area (Å²) in [6.07, 6.45) is 5.07. The molecule has 2 aromatic carbocycles. The van der Waals surface area contributed by atoms with Crippen LogP contribution in [0.15, 0.2) is 58.8 Å². The zero-order valence-corrected chi connectivity index (χ0v) is 40.4. The molecule has 3 aliphatic heterocycles. The minimum atomic E-state index is -3.80. The van der Waals surface area contributed by atoms with Crippen molar-refractivity contribution in [1.82, 2.24) is 35.1 Å². The topological polar surface area (TPSA) is 221 Å². The fourth-order valence-corrected chi connectivity index (χ4v) is 12.2. The molecule has 19 heteroatoms. The third-order valence-electron chi connectivity index (χ3n) is 13.5. The van der Waals surface area contributed by atoms with Crippen molar-refractivity contribution in [1.29, 1.82) is 0 Å². The number of benzene rings is 2. The summed E-state index contributed by atoms with van der Waals surface area (Å²) < 4.78 is 41.1. The third-order valence-corrected chi connectivity index (χ3v) is 16.3. The molecule has 4 aliphatic rings. The average molecular weight is 959 g/mol. The van der Waals surface area contributed by atoms with Gasteiger partial charge in [0.2, 0.25) is 21.8 Å². The predicted molar refractivity (Wildman–Crippen MR) is 255 cm³/mol. The van der Waals surface area contributed by atoms with Crippen LogP contribution in [0.1, 0.15) is 91.0 Å². The zero-order valence-electron chi connectivity index (χ0n) is 38.7. The molecule has 0 bridgehead atoms. The van der Waals surface area contributed by atoms with Crippen molar-refractivity contribution in [2.45, 2.75) is 133 Å². The van der Waals surface area contributed by atoms with Crippen LogP contribution in [0.5, 0.6) is 11.5 Å². The van der Waals surface area contributed by atoms with Crippen molar-refractivity contribution in [3.63, 3.8) is 0 Å². The van der Waals surface area contributed by atoms with E-state index in [2.05, 4.69) is 21.3 Å². The highest BCUT2D eigenvalue weighted by atomic mass is 32.2. The standard InChI is InChI=1S/C48H62N8O9S2/c1-28(2)38(26-55-20-19-30-13-11-12-16-42(30)67(55,62)63)52-46(61)51-35-15-10-8-6-7-9-14-31-24-48(31,45(59)60)54-43(57)40-22-33(25-56(40)44(35)58)65-41-23-37(39-27-66-47(53-39)49-29(3)4)50-36-21-32(64-5)17-18-34(36)41/h11-13,16-18,21,23,27-29,31,33,35,38,40H,6-10,14-15,19-20,22,24-26H2,1-5H3,(H,49,53)(H,54,57)(H,59,60)(H2,51,52,61)/t31?,33-,35+,38-,40+,48-/m1/s1.